The molecule has 1 aliphatic carbocycles. The van der Waals surface area contributed by atoms with Gasteiger partial charge in [-0.2, -0.15) is 13.2 Å². The third-order valence-electron chi connectivity index (χ3n) is 2.98. The predicted octanol–water partition coefficient (Wildman–Crippen LogP) is 2.65. The number of halogens is 4. The van der Waals surface area contributed by atoms with Gasteiger partial charge in [0.25, 0.3) is 0 Å². The van der Waals surface area contributed by atoms with E-state index in [-0.39, 0.29) is 10.7 Å². The van der Waals surface area contributed by atoms with Crippen LogP contribution in [0.1, 0.15) is 24.2 Å². The highest BCUT2D eigenvalue weighted by Gasteiger charge is 2.32. The summed E-state index contributed by atoms with van der Waals surface area (Å²) in [7, 11) is 0. The van der Waals surface area contributed by atoms with Crippen LogP contribution >= 0.6 is 11.6 Å². The van der Waals surface area contributed by atoms with Crippen molar-refractivity contribution in [3.63, 3.8) is 0 Å². The fourth-order valence-corrected chi connectivity index (χ4v) is 2.04. The lowest BCUT2D eigenvalue weighted by atomic mass is 10.3. The van der Waals surface area contributed by atoms with Gasteiger partial charge in [0.2, 0.25) is 0 Å². The molecular weight excluding hydrogens is 281 g/mol. The zero-order valence-corrected chi connectivity index (χ0v) is 10.5. The lowest BCUT2D eigenvalue weighted by Crippen LogP contribution is -2.17. The molecule has 1 fully saturated rings. The van der Waals surface area contributed by atoms with Crippen molar-refractivity contribution in [2.24, 2.45) is 0 Å². The maximum Gasteiger partial charge on any atom is 0.417 e. The van der Waals surface area contributed by atoms with Gasteiger partial charge in [0, 0.05) is 12.2 Å². The highest BCUT2D eigenvalue weighted by atomic mass is 35.5. The molecule has 0 aliphatic heterocycles. The van der Waals surface area contributed by atoms with E-state index in [9.17, 15) is 13.2 Å². The lowest BCUT2D eigenvalue weighted by molar-refractivity contribution is -0.137. The molecule has 2 aromatic rings. The molecule has 4 nitrogen and oxygen atoms in total. The maximum atomic E-state index is 12.7. The van der Waals surface area contributed by atoms with Crippen LogP contribution in [-0.2, 0) is 12.7 Å². The van der Waals surface area contributed by atoms with Gasteiger partial charge in [0.1, 0.15) is 0 Å². The van der Waals surface area contributed by atoms with Gasteiger partial charge < -0.3 is 5.32 Å². The van der Waals surface area contributed by atoms with Crippen LogP contribution in [0.2, 0.25) is 5.02 Å². The summed E-state index contributed by atoms with van der Waals surface area (Å²) in [6.45, 7) is 0.378. The number of nitrogens with zero attached hydrogens (tertiary/aromatic N) is 3. The molecule has 1 N–H and O–H groups in total. The third-order valence-corrected chi connectivity index (χ3v) is 3.26. The van der Waals surface area contributed by atoms with Crippen LogP contribution in [0.4, 0.5) is 13.2 Å². The summed E-state index contributed by atoms with van der Waals surface area (Å²) in [5.74, 6) is 0.426. The van der Waals surface area contributed by atoms with Crippen molar-refractivity contribution in [3.8, 4) is 0 Å². The molecule has 8 heteroatoms. The molecule has 0 aromatic carbocycles. The Morgan fingerprint density at radius 2 is 2.11 bits per heavy atom. The van der Waals surface area contributed by atoms with Gasteiger partial charge in [-0.15, -0.1) is 10.2 Å². The van der Waals surface area contributed by atoms with E-state index in [0.717, 1.165) is 25.1 Å². The van der Waals surface area contributed by atoms with Gasteiger partial charge in [0.15, 0.2) is 11.5 Å². The zero-order valence-electron chi connectivity index (χ0n) is 9.71. The normalized spacial score (nSPS) is 16.2. The fourth-order valence-electron chi connectivity index (χ4n) is 1.80. The summed E-state index contributed by atoms with van der Waals surface area (Å²) < 4.78 is 39.5. The monoisotopic (exact) mass is 290 g/mol. The number of alkyl halides is 3. The van der Waals surface area contributed by atoms with Crippen LogP contribution < -0.4 is 5.32 Å². The second kappa shape index (κ2) is 4.35. The van der Waals surface area contributed by atoms with Crippen molar-refractivity contribution >= 4 is 17.2 Å². The number of hydrogen-bond acceptors (Lipinski definition) is 3. The number of pyridine rings is 1. The topological polar surface area (TPSA) is 42.2 Å². The van der Waals surface area contributed by atoms with Gasteiger partial charge in [-0.3, -0.25) is 4.40 Å². The number of nitrogens with one attached hydrogen (secondary N) is 1. The smallest absolute Gasteiger partial charge is 0.307 e. The molecule has 0 radical (unpaired) electrons. The minimum absolute atomic E-state index is 0.0556. The molecule has 19 heavy (non-hydrogen) atoms. The molecule has 3 rings (SSSR count). The summed E-state index contributed by atoms with van der Waals surface area (Å²) in [5.41, 5.74) is -0.570. The van der Waals surface area contributed by atoms with Crippen molar-refractivity contribution < 1.29 is 13.2 Å². The summed E-state index contributed by atoms with van der Waals surface area (Å²) in [6, 6.07) is 1.30. The molecular formula is C11H10ClF3N4. The van der Waals surface area contributed by atoms with Crippen LogP contribution in [0, 0.1) is 0 Å². The van der Waals surface area contributed by atoms with Gasteiger partial charge in [-0.25, -0.2) is 0 Å². The highest BCUT2D eigenvalue weighted by Crippen LogP contribution is 2.32. The van der Waals surface area contributed by atoms with Crippen LogP contribution in [0.5, 0.6) is 0 Å². The van der Waals surface area contributed by atoms with Crippen molar-refractivity contribution in [2.75, 3.05) is 0 Å². The second-order valence-electron chi connectivity index (χ2n) is 4.54. The van der Waals surface area contributed by atoms with Crippen molar-refractivity contribution in [1.29, 1.82) is 0 Å². The Balaban J connectivity index is 2.01. The van der Waals surface area contributed by atoms with E-state index in [1.54, 1.807) is 0 Å². The number of aromatic nitrogens is 3. The second-order valence-corrected chi connectivity index (χ2v) is 4.95. The molecule has 2 aromatic heterocycles. The SMILES string of the molecule is FC(F)(F)c1cc(Cl)c2nnc(CNC3CC3)n2c1. The first-order valence-corrected chi connectivity index (χ1v) is 6.16. The molecule has 0 amide bonds. The Hall–Kier alpha value is -1.34. The van der Waals surface area contributed by atoms with Crippen LogP contribution in [-0.4, -0.2) is 20.6 Å². The van der Waals surface area contributed by atoms with E-state index in [1.165, 1.54) is 4.40 Å². The molecule has 0 spiro atoms. The Morgan fingerprint density at radius 3 is 2.74 bits per heavy atom. The first-order valence-electron chi connectivity index (χ1n) is 5.79. The Morgan fingerprint density at radius 1 is 1.37 bits per heavy atom. The summed E-state index contributed by atoms with van der Waals surface area (Å²) in [6.07, 6.45) is -1.29. The highest BCUT2D eigenvalue weighted by molar-refractivity contribution is 6.33. The van der Waals surface area contributed by atoms with Crippen molar-refractivity contribution in [2.45, 2.75) is 31.6 Å². The Bertz CT molecular complexity index is 618. The van der Waals surface area contributed by atoms with Crippen LogP contribution in [0.3, 0.4) is 0 Å². The predicted molar refractivity (Wildman–Crippen MR) is 62.9 cm³/mol. The van der Waals surface area contributed by atoms with Gasteiger partial charge in [0.05, 0.1) is 17.1 Å². The van der Waals surface area contributed by atoms with Crippen molar-refractivity contribution in [1.82, 2.24) is 19.9 Å². The van der Waals surface area contributed by atoms with Gasteiger partial charge >= 0.3 is 6.18 Å². The molecule has 0 saturated heterocycles. The minimum Gasteiger partial charge on any atom is -0.307 e. The third kappa shape index (κ3) is 2.52. The van der Waals surface area contributed by atoms with Gasteiger partial charge in [-0.05, 0) is 18.9 Å². The molecule has 0 unspecified atom stereocenters. The van der Waals surface area contributed by atoms with E-state index in [4.69, 9.17) is 11.6 Å². The Kier molecular flexibility index (Phi) is 2.90. The largest absolute Gasteiger partial charge is 0.417 e. The van der Waals surface area contributed by atoms with E-state index >= 15 is 0 Å². The number of hydrogen-bond donors (Lipinski definition) is 1. The van der Waals surface area contributed by atoms with Crippen LogP contribution in [0.25, 0.3) is 5.65 Å². The molecule has 0 bridgehead atoms. The quantitative estimate of drug-likeness (QED) is 0.945. The summed E-state index contributed by atoms with van der Waals surface area (Å²) in [4.78, 5) is 0. The van der Waals surface area contributed by atoms with E-state index in [0.29, 0.717) is 18.4 Å². The fraction of sp³-hybridized carbons (Fsp3) is 0.455. The average molecular weight is 291 g/mol. The Labute approximate surface area is 111 Å². The summed E-state index contributed by atoms with van der Waals surface area (Å²) in [5, 5.41) is 10.8. The maximum absolute atomic E-state index is 12.7. The first kappa shape index (κ1) is 12.7. The molecule has 2 heterocycles. The van der Waals surface area contributed by atoms with Crippen LogP contribution in [0.15, 0.2) is 12.3 Å². The van der Waals surface area contributed by atoms with Crippen molar-refractivity contribution in [3.05, 3.63) is 28.7 Å². The molecule has 1 saturated carbocycles. The minimum atomic E-state index is -4.44. The lowest BCUT2D eigenvalue weighted by Gasteiger charge is -2.09. The molecule has 102 valence electrons. The standard InChI is InChI=1S/C11H10ClF3N4/c12-8-3-6(11(13,14)15)5-19-9(17-18-10(8)19)4-16-7-1-2-7/h3,5,7,16H,1-2,4H2. The van der Waals surface area contributed by atoms with Gasteiger partial charge in [-0.1, -0.05) is 11.6 Å². The summed E-state index contributed by atoms with van der Waals surface area (Å²) >= 11 is 5.81. The molecule has 0 atom stereocenters. The molecule has 1 aliphatic rings. The van der Waals surface area contributed by atoms with E-state index in [2.05, 4.69) is 15.5 Å². The van der Waals surface area contributed by atoms with E-state index < -0.39 is 11.7 Å². The first-order chi connectivity index (χ1) is 8.95. The van der Waals surface area contributed by atoms with E-state index in [1.807, 2.05) is 0 Å². The average Bonchev–Trinajstić information content (AvgIpc) is 3.06. The zero-order chi connectivity index (χ0) is 13.6. The number of fused-ring (bicyclic) bond motifs is 1. The number of rotatable bonds is 3.